The highest BCUT2D eigenvalue weighted by Crippen LogP contribution is 2.12. The molecule has 0 aromatic heterocycles. The molecule has 1 N–H and O–H groups in total. The molecular formula is C21H37N3. The van der Waals surface area contributed by atoms with E-state index in [0.29, 0.717) is 6.04 Å². The number of hydrogen-bond acceptors (Lipinski definition) is 3. The van der Waals surface area contributed by atoms with Gasteiger partial charge in [0, 0.05) is 51.9 Å². The summed E-state index contributed by atoms with van der Waals surface area (Å²) in [6.07, 6.45) is 2.47. The van der Waals surface area contributed by atoms with Gasteiger partial charge in [-0.15, -0.1) is 0 Å². The van der Waals surface area contributed by atoms with E-state index in [1.54, 1.807) is 0 Å². The monoisotopic (exact) mass is 331 g/mol. The van der Waals surface area contributed by atoms with Crippen molar-refractivity contribution in [1.82, 2.24) is 15.1 Å². The number of nitrogens with one attached hydrogen (secondary N) is 1. The molecule has 1 aromatic rings. The SMILES string of the molecule is CCC(C)CN1CCN(Cc2ccc(CNC(C)CC)cc2)CC1. The number of benzene rings is 1. The molecule has 0 saturated carbocycles. The summed E-state index contributed by atoms with van der Waals surface area (Å²) in [5.41, 5.74) is 2.83. The Labute approximate surface area is 149 Å². The van der Waals surface area contributed by atoms with Gasteiger partial charge in [-0.3, -0.25) is 4.90 Å². The fourth-order valence-electron chi connectivity index (χ4n) is 3.16. The molecule has 0 aliphatic carbocycles. The van der Waals surface area contributed by atoms with Gasteiger partial charge in [0.2, 0.25) is 0 Å². The molecule has 1 aliphatic rings. The summed E-state index contributed by atoms with van der Waals surface area (Å²) in [6, 6.07) is 9.77. The molecule has 3 heteroatoms. The molecule has 1 saturated heterocycles. The van der Waals surface area contributed by atoms with Crippen LogP contribution in [0.1, 0.15) is 51.7 Å². The lowest BCUT2D eigenvalue weighted by atomic mass is 10.1. The maximum Gasteiger partial charge on any atom is 0.0234 e. The Morgan fingerprint density at radius 2 is 1.46 bits per heavy atom. The van der Waals surface area contributed by atoms with E-state index in [2.05, 4.69) is 67.1 Å². The third-order valence-corrected chi connectivity index (χ3v) is 5.43. The van der Waals surface area contributed by atoms with Crippen LogP contribution >= 0.6 is 0 Å². The van der Waals surface area contributed by atoms with Crippen LogP contribution in [0.3, 0.4) is 0 Å². The number of hydrogen-bond donors (Lipinski definition) is 1. The topological polar surface area (TPSA) is 18.5 Å². The lowest BCUT2D eigenvalue weighted by molar-refractivity contribution is 0.114. The molecule has 2 atom stereocenters. The van der Waals surface area contributed by atoms with Crippen LogP contribution in [0.5, 0.6) is 0 Å². The van der Waals surface area contributed by atoms with Crippen molar-refractivity contribution >= 4 is 0 Å². The zero-order valence-electron chi connectivity index (χ0n) is 16.2. The van der Waals surface area contributed by atoms with E-state index in [9.17, 15) is 0 Å². The zero-order chi connectivity index (χ0) is 17.4. The molecule has 136 valence electrons. The van der Waals surface area contributed by atoms with Gasteiger partial charge in [-0.05, 0) is 30.4 Å². The average molecular weight is 332 g/mol. The fourth-order valence-corrected chi connectivity index (χ4v) is 3.16. The van der Waals surface area contributed by atoms with Gasteiger partial charge in [0.15, 0.2) is 0 Å². The van der Waals surface area contributed by atoms with Crippen molar-refractivity contribution in [1.29, 1.82) is 0 Å². The predicted octanol–water partition coefficient (Wildman–Crippen LogP) is 3.74. The number of piperazine rings is 1. The molecule has 0 radical (unpaired) electrons. The van der Waals surface area contributed by atoms with Crippen LogP contribution in [0.15, 0.2) is 24.3 Å². The van der Waals surface area contributed by atoms with E-state index in [4.69, 9.17) is 0 Å². The number of rotatable bonds is 9. The summed E-state index contributed by atoms with van der Waals surface area (Å²) in [5, 5.41) is 3.56. The second kappa shape index (κ2) is 10.2. The molecule has 1 fully saturated rings. The molecule has 0 bridgehead atoms. The van der Waals surface area contributed by atoms with Crippen LogP contribution in [-0.4, -0.2) is 48.6 Å². The van der Waals surface area contributed by atoms with Gasteiger partial charge in [-0.25, -0.2) is 0 Å². The fraction of sp³-hybridized carbons (Fsp3) is 0.714. The first-order valence-corrected chi connectivity index (χ1v) is 9.86. The highest BCUT2D eigenvalue weighted by Gasteiger charge is 2.18. The molecule has 1 aliphatic heterocycles. The van der Waals surface area contributed by atoms with Gasteiger partial charge in [0.05, 0.1) is 0 Å². The van der Waals surface area contributed by atoms with Gasteiger partial charge < -0.3 is 10.2 Å². The summed E-state index contributed by atoms with van der Waals surface area (Å²) in [6.45, 7) is 17.3. The van der Waals surface area contributed by atoms with Gasteiger partial charge in [0.25, 0.3) is 0 Å². The van der Waals surface area contributed by atoms with Crippen LogP contribution in [0, 0.1) is 5.92 Å². The second-order valence-electron chi connectivity index (χ2n) is 7.60. The van der Waals surface area contributed by atoms with Crippen LogP contribution < -0.4 is 5.32 Å². The van der Waals surface area contributed by atoms with Gasteiger partial charge in [-0.2, -0.15) is 0 Å². The Morgan fingerprint density at radius 1 is 0.875 bits per heavy atom. The largest absolute Gasteiger partial charge is 0.310 e. The molecular weight excluding hydrogens is 294 g/mol. The summed E-state index contributed by atoms with van der Waals surface area (Å²) in [7, 11) is 0. The normalized spacial score (nSPS) is 19.3. The summed E-state index contributed by atoms with van der Waals surface area (Å²) in [4.78, 5) is 5.23. The Hall–Kier alpha value is -0.900. The Kier molecular flexibility index (Phi) is 8.23. The minimum Gasteiger partial charge on any atom is -0.310 e. The minimum atomic E-state index is 0.594. The second-order valence-corrected chi connectivity index (χ2v) is 7.60. The quantitative estimate of drug-likeness (QED) is 0.744. The Morgan fingerprint density at radius 3 is 2.04 bits per heavy atom. The lowest BCUT2D eigenvalue weighted by Crippen LogP contribution is -2.47. The highest BCUT2D eigenvalue weighted by atomic mass is 15.3. The van der Waals surface area contributed by atoms with E-state index < -0.39 is 0 Å². The molecule has 24 heavy (non-hydrogen) atoms. The molecule has 0 amide bonds. The molecule has 0 spiro atoms. The first-order valence-electron chi connectivity index (χ1n) is 9.86. The molecule has 3 nitrogen and oxygen atoms in total. The lowest BCUT2D eigenvalue weighted by Gasteiger charge is -2.35. The van der Waals surface area contributed by atoms with Gasteiger partial charge in [0.1, 0.15) is 0 Å². The first-order chi connectivity index (χ1) is 11.6. The van der Waals surface area contributed by atoms with E-state index in [1.807, 2.05) is 0 Å². The van der Waals surface area contributed by atoms with E-state index >= 15 is 0 Å². The first kappa shape index (κ1) is 19.4. The Bertz CT molecular complexity index is 449. The smallest absolute Gasteiger partial charge is 0.0234 e. The Balaban J connectivity index is 1.72. The van der Waals surface area contributed by atoms with Crippen molar-refractivity contribution in [3.8, 4) is 0 Å². The predicted molar refractivity (Wildman–Crippen MR) is 104 cm³/mol. The number of nitrogens with zero attached hydrogens (tertiary/aromatic N) is 2. The molecule has 1 heterocycles. The van der Waals surface area contributed by atoms with Crippen molar-refractivity contribution in [2.75, 3.05) is 32.7 Å². The van der Waals surface area contributed by atoms with Crippen molar-refractivity contribution in [3.05, 3.63) is 35.4 Å². The zero-order valence-corrected chi connectivity index (χ0v) is 16.2. The third kappa shape index (κ3) is 6.54. The average Bonchev–Trinajstić information content (AvgIpc) is 2.62. The van der Waals surface area contributed by atoms with Crippen molar-refractivity contribution in [3.63, 3.8) is 0 Å². The van der Waals surface area contributed by atoms with Crippen molar-refractivity contribution in [2.24, 2.45) is 5.92 Å². The van der Waals surface area contributed by atoms with Crippen molar-refractivity contribution < 1.29 is 0 Å². The van der Waals surface area contributed by atoms with Crippen molar-refractivity contribution in [2.45, 2.75) is 59.7 Å². The minimum absolute atomic E-state index is 0.594. The summed E-state index contributed by atoms with van der Waals surface area (Å²) < 4.78 is 0. The van der Waals surface area contributed by atoms with E-state index in [0.717, 1.165) is 19.0 Å². The summed E-state index contributed by atoms with van der Waals surface area (Å²) >= 11 is 0. The highest BCUT2D eigenvalue weighted by molar-refractivity contribution is 5.22. The van der Waals surface area contributed by atoms with Gasteiger partial charge in [-0.1, -0.05) is 51.5 Å². The molecule has 2 unspecified atom stereocenters. The molecule has 2 rings (SSSR count). The van der Waals surface area contributed by atoms with Crippen LogP contribution in [0.25, 0.3) is 0 Å². The van der Waals surface area contributed by atoms with Gasteiger partial charge >= 0.3 is 0 Å². The molecule has 1 aromatic carbocycles. The maximum atomic E-state index is 3.56. The van der Waals surface area contributed by atoms with E-state index in [-0.39, 0.29) is 0 Å². The van der Waals surface area contributed by atoms with E-state index in [1.165, 1.54) is 56.7 Å². The summed E-state index contributed by atoms with van der Waals surface area (Å²) in [5.74, 6) is 0.827. The van der Waals surface area contributed by atoms with Crippen LogP contribution in [0.2, 0.25) is 0 Å². The maximum absolute atomic E-state index is 3.56. The van der Waals surface area contributed by atoms with Crippen LogP contribution in [0.4, 0.5) is 0 Å². The third-order valence-electron chi connectivity index (χ3n) is 5.43. The standard InChI is InChI=1S/C21H37N3/c1-5-18(3)16-23-11-13-24(14-12-23)17-21-9-7-20(8-10-21)15-22-19(4)6-2/h7-10,18-19,22H,5-6,11-17H2,1-4H3. The van der Waals surface area contributed by atoms with Crippen LogP contribution in [-0.2, 0) is 13.1 Å².